The molecule has 0 unspecified atom stereocenters. The highest BCUT2D eigenvalue weighted by molar-refractivity contribution is 6.31. The van der Waals surface area contributed by atoms with Crippen LogP contribution in [0.3, 0.4) is 0 Å². The van der Waals surface area contributed by atoms with Gasteiger partial charge in [-0.15, -0.1) is 0 Å². The van der Waals surface area contributed by atoms with E-state index in [1.165, 1.54) is 0 Å². The average molecular weight is 256 g/mol. The van der Waals surface area contributed by atoms with Crippen molar-refractivity contribution in [3.8, 4) is 0 Å². The Labute approximate surface area is 109 Å². The zero-order valence-corrected chi connectivity index (χ0v) is 11.7. The summed E-state index contributed by atoms with van der Waals surface area (Å²) in [6.45, 7) is 10.2. The summed E-state index contributed by atoms with van der Waals surface area (Å²) in [7, 11) is 0. The molecule has 0 radical (unpaired) electrons. The van der Waals surface area contributed by atoms with E-state index in [-0.39, 0.29) is 0 Å². The van der Waals surface area contributed by atoms with Crippen LogP contribution in [0.1, 0.15) is 32.8 Å². The van der Waals surface area contributed by atoms with Gasteiger partial charge in [0.15, 0.2) is 0 Å². The second kappa shape index (κ2) is 7.51. The quantitative estimate of drug-likeness (QED) is 0.759. The first kappa shape index (κ1) is 14.3. The molecular formula is C13H22ClN3. The van der Waals surface area contributed by atoms with Gasteiger partial charge in [-0.3, -0.25) is 0 Å². The van der Waals surface area contributed by atoms with Gasteiger partial charge in [0.2, 0.25) is 0 Å². The summed E-state index contributed by atoms with van der Waals surface area (Å²) in [5.74, 6) is 1.01. The predicted octanol–water partition coefficient (Wildman–Crippen LogP) is 3.08. The summed E-state index contributed by atoms with van der Waals surface area (Å²) < 4.78 is 0. The summed E-state index contributed by atoms with van der Waals surface area (Å²) in [4.78, 5) is 6.60. The number of pyridine rings is 1. The van der Waals surface area contributed by atoms with Gasteiger partial charge in [-0.2, -0.15) is 0 Å². The monoisotopic (exact) mass is 255 g/mol. The van der Waals surface area contributed by atoms with Crippen molar-refractivity contribution in [3.63, 3.8) is 0 Å². The molecule has 0 saturated heterocycles. The molecular weight excluding hydrogens is 234 g/mol. The van der Waals surface area contributed by atoms with Crippen molar-refractivity contribution in [2.75, 3.05) is 24.5 Å². The number of hydrogen-bond acceptors (Lipinski definition) is 3. The molecule has 1 N–H and O–H groups in total. The third kappa shape index (κ3) is 4.17. The van der Waals surface area contributed by atoms with Crippen LogP contribution in [-0.2, 0) is 6.54 Å². The first-order valence-electron chi connectivity index (χ1n) is 6.32. The Morgan fingerprint density at radius 1 is 1.29 bits per heavy atom. The first-order valence-corrected chi connectivity index (χ1v) is 6.70. The minimum absolute atomic E-state index is 0.740. The van der Waals surface area contributed by atoms with Crippen molar-refractivity contribution < 1.29 is 0 Å². The number of hydrogen-bond donors (Lipinski definition) is 1. The van der Waals surface area contributed by atoms with E-state index in [2.05, 4.69) is 42.0 Å². The molecule has 1 heterocycles. The van der Waals surface area contributed by atoms with Crippen LogP contribution in [0.4, 0.5) is 5.82 Å². The van der Waals surface area contributed by atoms with Gasteiger partial charge in [0.1, 0.15) is 5.82 Å². The highest BCUT2D eigenvalue weighted by Gasteiger charge is 2.07. The molecule has 0 spiro atoms. The third-order valence-corrected chi connectivity index (χ3v) is 3.09. The predicted molar refractivity (Wildman–Crippen MR) is 74.8 cm³/mol. The second-order valence-corrected chi connectivity index (χ2v) is 4.39. The largest absolute Gasteiger partial charge is 0.357 e. The minimum atomic E-state index is 0.740. The molecule has 0 atom stereocenters. The van der Waals surface area contributed by atoms with Gasteiger partial charge >= 0.3 is 0 Å². The van der Waals surface area contributed by atoms with Gasteiger partial charge < -0.3 is 10.2 Å². The van der Waals surface area contributed by atoms with Crippen LogP contribution in [0.5, 0.6) is 0 Å². The van der Waals surface area contributed by atoms with Crippen molar-refractivity contribution >= 4 is 17.4 Å². The van der Waals surface area contributed by atoms with E-state index >= 15 is 0 Å². The number of halogens is 1. The Bertz CT molecular complexity index is 337. The average Bonchev–Trinajstić information content (AvgIpc) is 2.34. The van der Waals surface area contributed by atoms with Crippen LogP contribution in [0, 0.1) is 0 Å². The fourth-order valence-electron chi connectivity index (χ4n) is 1.72. The molecule has 1 aromatic heterocycles. The molecule has 1 rings (SSSR count). The molecule has 17 heavy (non-hydrogen) atoms. The SMILES string of the molecule is CCCNCc1cc(N(CC)CC)ncc1Cl. The van der Waals surface area contributed by atoms with Crippen LogP contribution in [0.2, 0.25) is 5.02 Å². The molecule has 0 fully saturated rings. The molecule has 0 aromatic carbocycles. The van der Waals surface area contributed by atoms with E-state index in [1.54, 1.807) is 6.20 Å². The Hall–Kier alpha value is -0.800. The molecule has 4 heteroatoms. The third-order valence-electron chi connectivity index (χ3n) is 2.75. The molecule has 0 saturated carbocycles. The van der Waals surface area contributed by atoms with E-state index in [0.29, 0.717) is 0 Å². The van der Waals surface area contributed by atoms with Crippen molar-refractivity contribution in [1.82, 2.24) is 10.3 Å². The number of anilines is 1. The Morgan fingerprint density at radius 3 is 2.59 bits per heavy atom. The number of aromatic nitrogens is 1. The molecule has 0 aliphatic carbocycles. The summed E-state index contributed by atoms with van der Waals surface area (Å²) >= 11 is 6.15. The topological polar surface area (TPSA) is 28.2 Å². The van der Waals surface area contributed by atoms with Crippen molar-refractivity contribution in [3.05, 3.63) is 22.8 Å². The van der Waals surface area contributed by atoms with E-state index in [0.717, 1.165) is 49.0 Å². The lowest BCUT2D eigenvalue weighted by molar-refractivity contribution is 0.674. The maximum atomic E-state index is 6.15. The summed E-state index contributed by atoms with van der Waals surface area (Å²) in [5.41, 5.74) is 1.12. The summed E-state index contributed by atoms with van der Waals surface area (Å²) in [6, 6.07) is 2.08. The summed E-state index contributed by atoms with van der Waals surface area (Å²) in [6.07, 6.45) is 2.88. The van der Waals surface area contributed by atoms with Gasteiger partial charge in [-0.25, -0.2) is 4.98 Å². The van der Waals surface area contributed by atoms with Crippen LogP contribution >= 0.6 is 11.6 Å². The molecule has 1 aromatic rings. The Morgan fingerprint density at radius 2 is 2.00 bits per heavy atom. The molecule has 0 bridgehead atoms. The van der Waals surface area contributed by atoms with E-state index in [1.807, 2.05) is 0 Å². The number of nitrogens with one attached hydrogen (secondary N) is 1. The minimum Gasteiger partial charge on any atom is -0.357 e. The van der Waals surface area contributed by atoms with Crippen LogP contribution in [-0.4, -0.2) is 24.6 Å². The van der Waals surface area contributed by atoms with Crippen molar-refractivity contribution in [2.45, 2.75) is 33.7 Å². The molecule has 0 aliphatic heterocycles. The Balaban J connectivity index is 2.78. The summed E-state index contributed by atoms with van der Waals surface area (Å²) in [5, 5.41) is 4.10. The molecule has 0 aliphatic rings. The molecule has 96 valence electrons. The van der Waals surface area contributed by atoms with Gasteiger partial charge in [0.05, 0.1) is 5.02 Å². The van der Waals surface area contributed by atoms with Gasteiger partial charge in [-0.1, -0.05) is 18.5 Å². The maximum absolute atomic E-state index is 6.15. The van der Waals surface area contributed by atoms with Crippen LogP contribution < -0.4 is 10.2 Å². The van der Waals surface area contributed by atoms with E-state index < -0.39 is 0 Å². The highest BCUT2D eigenvalue weighted by atomic mass is 35.5. The zero-order chi connectivity index (χ0) is 12.7. The fraction of sp³-hybridized carbons (Fsp3) is 0.615. The number of nitrogens with zero attached hydrogens (tertiary/aromatic N) is 2. The zero-order valence-electron chi connectivity index (χ0n) is 11.0. The maximum Gasteiger partial charge on any atom is 0.128 e. The number of rotatable bonds is 7. The van der Waals surface area contributed by atoms with Crippen LogP contribution in [0.25, 0.3) is 0 Å². The van der Waals surface area contributed by atoms with Crippen molar-refractivity contribution in [2.24, 2.45) is 0 Å². The molecule has 3 nitrogen and oxygen atoms in total. The van der Waals surface area contributed by atoms with Crippen LogP contribution in [0.15, 0.2) is 12.3 Å². The van der Waals surface area contributed by atoms with E-state index in [9.17, 15) is 0 Å². The normalized spacial score (nSPS) is 10.6. The van der Waals surface area contributed by atoms with E-state index in [4.69, 9.17) is 11.6 Å². The smallest absolute Gasteiger partial charge is 0.128 e. The first-order chi connectivity index (χ1) is 8.22. The van der Waals surface area contributed by atoms with Gasteiger partial charge in [-0.05, 0) is 38.4 Å². The van der Waals surface area contributed by atoms with Gasteiger partial charge in [0.25, 0.3) is 0 Å². The highest BCUT2D eigenvalue weighted by Crippen LogP contribution is 2.20. The molecule has 0 amide bonds. The lowest BCUT2D eigenvalue weighted by atomic mass is 10.2. The second-order valence-electron chi connectivity index (χ2n) is 3.98. The van der Waals surface area contributed by atoms with Crippen molar-refractivity contribution in [1.29, 1.82) is 0 Å². The lowest BCUT2D eigenvalue weighted by Crippen LogP contribution is -2.23. The Kier molecular flexibility index (Phi) is 6.30. The standard InChI is InChI=1S/C13H22ClN3/c1-4-7-15-9-11-8-13(16-10-12(11)14)17(5-2)6-3/h8,10,15H,4-7,9H2,1-3H3. The fourth-order valence-corrected chi connectivity index (χ4v) is 1.89. The lowest BCUT2D eigenvalue weighted by Gasteiger charge is -2.20. The van der Waals surface area contributed by atoms with Gasteiger partial charge in [0, 0.05) is 25.8 Å².